The summed E-state index contributed by atoms with van der Waals surface area (Å²) in [6.07, 6.45) is 0.385. The van der Waals surface area contributed by atoms with Crippen molar-refractivity contribution in [2.24, 2.45) is 0 Å². The van der Waals surface area contributed by atoms with Gasteiger partial charge in [-0.3, -0.25) is 0 Å². The average Bonchev–Trinajstić information content (AvgIpc) is 3.08. The van der Waals surface area contributed by atoms with Crippen LogP contribution in [0.15, 0.2) is 65.6 Å². The van der Waals surface area contributed by atoms with Crippen molar-refractivity contribution in [1.29, 1.82) is 0 Å². The number of rotatable bonds is 4. The monoisotopic (exact) mass is 383 g/mol. The van der Waals surface area contributed by atoms with Crippen molar-refractivity contribution in [1.82, 2.24) is 14.1 Å². The quantitative estimate of drug-likeness (QED) is 0.746. The van der Waals surface area contributed by atoms with Crippen LogP contribution in [0.2, 0.25) is 0 Å². The third-order valence-electron chi connectivity index (χ3n) is 4.61. The standard InChI is InChI=1S/C19H17N3O4S/c23-19(24)18-16-13-21(27(25,26)15-9-5-2-6-10-15)12-11-17(16)22(20-18)14-7-3-1-4-8-14/h1-10H,11-13H2,(H,23,24). The molecule has 27 heavy (non-hydrogen) atoms. The van der Waals surface area contributed by atoms with Gasteiger partial charge in [0.05, 0.1) is 16.3 Å². The van der Waals surface area contributed by atoms with Gasteiger partial charge in [0.25, 0.3) is 0 Å². The molecule has 0 saturated carbocycles. The van der Waals surface area contributed by atoms with Gasteiger partial charge in [0, 0.05) is 25.1 Å². The third kappa shape index (κ3) is 3.02. The lowest BCUT2D eigenvalue weighted by Crippen LogP contribution is -2.36. The van der Waals surface area contributed by atoms with E-state index in [0.29, 0.717) is 12.0 Å². The first-order valence-corrected chi connectivity index (χ1v) is 9.87. The predicted octanol–water partition coefficient (Wildman–Crippen LogP) is 2.32. The molecule has 8 heteroatoms. The summed E-state index contributed by atoms with van der Waals surface area (Å²) in [7, 11) is -3.70. The summed E-state index contributed by atoms with van der Waals surface area (Å²) in [6.45, 7) is 0.253. The Balaban J connectivity index is 1.77. The second kappa shape index (κ2) is 6.64. The second-order valence-electron chi connectivity index (χ2n) is 6.23. The van der Waals surface area contributed by atoms with Crippen LogP contribution in [0.5, 0.6) is 0 Å². The molecule has 0 spiro atoms. The van der Waals surface area contributed by atoms with Crippen molar-refractivity contribution in [3.63, 3.8) is 0 Å². The Kier molecular flexibility index (Phi) is 4.29. The largest absolute Gasteiger partial charge is 0.476 e. The van der Waals surface area contributed by atoms with Gasteiger partial charge in [0.1, 0.15) is 0 Å². The van der Waals surface area contributed by atoms with E-state index in [4.69, 9.17) is 0 Å². The summed E-state index contributed by atoms with van der Waals surface area (Å²) in [6, 6.07) is 17.4. The molecule has 0 aliphatic carbocycles. The normalized spacial score (nSPS) is 14.7. The number of sulfonamides is 1. The van der Waals surface area contributed by atoms with Crippen molar-refractivity contribution >= 4 is 16.0 Å². The maximum absolute atomic E-state index is 12.9. The molecular formula is C19H17N3O4S. The molecule has 0 saturated heterocycles. The Hall–Kier alpha value is -2.97. The van der Waals surface area contributed by atoms with Crippen LogP contribution in [0.3, 0.4) is 0 Å². The lowest BCUT2D eigenvalue weighted by Gasteiger charge is -2.27. The van der Waals surface area contributed by atoms with Crippen molar-refractivity contribution in [3.8, 4) is 5.69 Å². The van der Waals surface area contributed by atoms with Gasteiger partial charge < -0.3 is 5.11 Å². The first-order chi connectivity index (χ1) is 13.0. The van der Waals surface area contributed by atoms with E-state index in [1.165, 1.54) is 16.4 Å². The van der Waals surface area contributed by atoms with Gasteiger partial charge in [-0.15, -0.1) is 0 Å². The highest BCUT2D eigenvalue weighted by Crippen LogP contribution is 2.29. The van der Waals surface area contributed by atoms with Crippen LogP contribution in [0.25, 0.3) is 5.69 Å². The molecule has 3 aromatic rings. The molecule has 2 aromatic carbocycles. The summed E-state index contributed by atoms with van der Waals surface area (Å²) in [5.74, 6) is -1.17. The van der Waals surface area contributed by atoms with E-state index in [1.807, 2.05) is 30.3 Å². The molecule has 0 atom stereocenters. The van der Waals surface area contributed by atoms with Gasteiger partial charge in [0.2, 0.25) is 10.0 Å². The molecular weight excluding hydrogens is 366 g/mol. The van der Waals surface area contributed by atoms with Gasteiger partial charge in [-0.05, 0) is 24.3 Å². The van der Waals surface area contributed by atoms with Crippen molar-refractivity contribution in [2.75, 3.05) is 6.54 Å². The molecule has 4 rings (SSSR count). The molecule has 1 aromatic heterocycles. The van der Waals surface area contributed by atoms with E-state index in [0.717, 1.165) is 11.4 Å². The first-order valence-electron chi connectivity index (χ1n) is 8.43. The van der Waals surface area contributed by atoms with Crippen molar-refractivity contribution in [3.05, 3.63) is 77.6 Å². The molecule has 0 amide bonds. The molecule has 0 fully saturated rings. The van der Waals surface area contributed by atoms with E-state index >= 15 is 0 Å². The number of carbonyl (C=O) groups is 1. The fraction of sp³-hybridized carbons (Fsp3) is 0.158. The molecule has 0 bridgehead atoms. The minimum absolute atomic E-state index is 0.0129. The Morgan fingerprint density at radius 1 is 1.00 bits per heavy atom. The van der Waals surface area contributed by atoms with E-state index in [2.05, 4.69) is 5.10 Å². The molecule has 7 nitrogen and oxygen atoms in total. The minimum atomic E-state index is -3.70. The number of hydrogen-bond acceptors (Lipinski definition) is 4. The highest BCUT2D eigenvalue weighted by atomic mass is 32.2. The van der Waals surface area contributed by atoms with Gasteiger partial charge in [-0.1, -0.05) is 36.4 Å². The Morgan fingerprint density at radius 3 is 2.26 bits per heavy atom. The maximum atomic E-state index is 12.9. The Labute approximate surface area is 156 Å². The van der Waals surface area contributed by atoms with Crippen LogP contribution in [0, 0.1) is 0 Å². The highest BCUT2D eigenvalue weighted by Gasteiger charge is 2.34. The van der Waals surface area contributed by atoms with E-state index < -0.39 is 16.0 Å². The lowest BCUT2D eigenvalue weighted by atomic mass is 10.1. The van der Waals surface area contributed by atoms with E-state index in [9.17, 15) is 18.3 Å². The molecule has 0 radical (unpaired) electrons. The molecule has 1 aliphatic rings. The van der Waals surface area contributed by atoms with Crippen LogP contribution in [0.1, 0.15) is 21.7 Å². The topological polar surface area (TPSA) is 92.5 Å². The molecule has 1 aliphatic heterocycles. The zero-order chi connectivity index (χ0) is 19.0. The van der Waals surface area contributed by atoms with Crippen LogP contribution in [-0.4, -0.2) is 40.1 Å². The highest BCUT2D eigenvalue weighted by molar-refractivity contribution is 7.89. The number of para-hydroxylation sites is 1. The number of benzene rings is 2. The average molecular weight is 383 g/mol. The molecule has 2 heterocycles. The minimum Gasteiger partial charge on any atom is -0.476 e. The van der Waals surface area contributed by atoms with Crippen LogP contribution in [-0.2, 0) is 23.0 Å². The first kappa shape index (κ1) is 17.4. The van der Waals surface area contributed by atoms with E-state index in [-0.39, 0.29) is 23.7 Å². The fourth-order valence-electron chi connectivity index (χ4n) is 3.30. The van der Waals surface area contributed by atoms with Crippen molar-refractivity contribution < 1.29 is 18.3 Å². The van der Waals surface area contributed by atoms with Gasteiger partial charge >= 0.3 is 5.97 Å². The maximum Gasteiger partial charge on any atom is 0.356 e. The summed E-state index contributed by atoms with van der Waals surface area (Å²) < 4.78 is 28.7. The SMILES string of the molecule is O=C(O)c1nn(-c2ccccc2)c2c1CN(S(=O)(=O)c1ccccc1)CC2. The predicted molar refractivity (Wildman–Crippen MR) is 98.3 cm³/mol. The molecule has 1 N–H and O–H groups in total. The van der Waals surface area contributed by atoms with Crippen LogP contribution < -0.4 is 0 Å². The summed E-state index contributed by atoms with van der Waals surface area (Å²) in [5.41, 5.74) is 1.82. The second-order valence-corrected chi connectivity index (χ2v) is 8.17. The van der Waals surface area contributed by atoms with Crippen molar-refractivity contribution in [2.45, 2.75) is 17.9 Å². The number of carboxylic acids is 1. The summed E-state index contributed by atoms with van der Waals surface area (Å²) in [4.78, 5) is 11.9. The smallest absolute Gasteiger partial charge is 0.356 e. The Bertz CT molecular complexity index is 1090. The fourth-order valence-corrected chi connectivity index (χ4v) is 4.73. The van der Waals surface area contributed by atoms with Gasteiger partial charge in [-0.2, -0.15) is 9.40 Å². The number of aromatic carboxylic acids is 1. The third-order valence-corrected chi connectivity index (χ3v) is 6.47. The van der Waals surface area contributed by atoms with E-state index in [1.54, 1.807) is 22.9 Å². The number of carboxylic acid groups (broad SMARTS) is 1. The summed E-state index contributed by atoms with van der Waals surface area (Å²) >= 11 is 0. The number of hydrogen-bond donors (Lipinski definition) is 1. The van der Waals surface area contributed by atoms with Gasteiger partial charge in [0.15, 0.2) is 5.69 Å². The zero-order valence-corrected chi connectivity index (χ0v) is 15.1. The zero-order valence-electron chi connectivity index (χ0n) is 14.3. The van der Waals surface area contributed by atoms with Crippen LogP contribution in [0.4, 0.5) is 0 Å². The molecule has 0 unspecified atom stereocenters. The lowest BCUT2D eigenvalue weighted by molar-refractivity contribution is 0.0688. The molecule has 138 valence electrons. The number of nitrogens with zero attached hydrogens (tertiary/aromatic N) is 3. The summed E-state index contributed by atoms with van der Waals surface area (Å²) in [5, 5.41) is 13.8. The van der Waals surface area contributed by atoms with Crippen LogP contribution >= 0.6 is 0 Å². The van der Waals surface area contributed by atoms with Gasteiger partial charge in [-0.25, -0.2) is 17.9 Å². The number of aromatic nitrogens is 2. The number of fused-ring (bicyclic) bond motifs is 1. The Morgan fingerprint density at radius 2 is 1.63 bits per heavy atom.